The summed E-state index contributed by atoms with van der Waals surface area (Å²) in [5.41, 5.74) is 0.702. The maximum atomic E-state index is 13.0. The molecular formula is C18H25ClN2O3S. The lowest BCUT2D eigenvalue weighted by molar-refractivity contribution is -0.138. The third-order valence-corrected chi connectivity index (χ3v) is 5.64. The van der Waals surface area contributed by atoms with Crippen molar-refractivity contribution >= 4 is 35.2 Å². The predicted molar refractivity (Wildman–Crippen MR) is 102 cm³/mol. The van der Waals surface area contributed by atoms with Crippen LogP contribution in [0.15, 0.2) is 23.1 Å². The minimum absolute atomic E-state index is 0.0348. The van der Waals surface area contributed by atoms with Crippen molar-refractivity contribution in [3.63, 3.8) is 0 Å². The van der Waals surface area contributed by atoms with Gasteiger partial charge in [-0.15, -0.1) is 11.8 Å². The summed E-state index contributed by atoms with van der Waals surface area (Å²) in [6.45, 7) is 3.43. The van der Waals surface area contributed by atoms with Crippen LogP contribution < -0.4 is 0 Å². The van der Waals surface area contributed by atoms with Gasteiger partial charge in [-0.05, 0) is 50.3 Å². The summed E-state index contributed by atoms with van der Waals surface area (Å²) in [5.74, 6) is 0.0964. The Labute approximate surface area is 158 Å². The summed E-state index contributed by atoms with van der Waals surface area (Å²) >= 11 is 7.69. The van der Waals surface area contributed by atoms with Gasteiger partial charge in [-0.1, -0.05) is 18.5 Å². The average Bonchev–Trinajstić information content (AvgIpc) is 2.80. The molecule has 1 N–H and O–H groups in total. The molecule has 1 fully saturated rings. The first-order valence-corrected chi connectivity index (χ1v) is 9.92. The first-order valence-electron chi connectivity index (χ1n) is 8.56. The SMILES string of the molecule is CCSc1cc(Cl)ccc1C(=O)N1CCCC(N(C)CC(=O)O)CC1. The third kappa shape index (κ3) is 5.62. The predicted octanol–water partition coefficient (Wildman–Crippen LogP) is 3.46. The van der Waals surface area contributed by atoms with Crippen LogP contribution >= 0.6 is 23.4 Å². The van der Waals surface area contributed by atoms with Gasteiger partial charge in [0.25, 0.3) is 5.91 Å². The zero-order chi connectivity index (χ0) is 18.4. The number of rotatable bonds is 6. The maximum Gasteiger partial charge on any atom is 0.317 e. The molecule has 25 heavy (non-hydrogen) atoms. The van der Waals surface area contributed by atoms with Gasteiger partial charge in [0.1, 0.15) is 0 Å². The number of hydrogen-bond acceptors (Lipinski definition) is 4. The molecule has 7 heteroatoms. The van der Waals surface area contributed by atoms with Crippen LogP contribution in [-0.4, -0.2) is 65.3 Å². The molecular weight excluding hydrogens is 360 g/mol. The molecule has 1 aromatic rings. The van der Waals surface area contributed by atoms with Crippen LogP contribution in [0.2, 0.25) is 5.02 Å². The number of likely N-dealkylation sites (tertiary alicyclic amines) is 1. The van der Waals surface area contributed by atoms with E-state index in [2.05, 4.69) is 6.92 Å². The van der Waals surface area contributed by atoms with Crippen LogP contribution in [0.1, 0.15) is 36.5 Å². The highest BCUT2D eigenvalue weighted by atomic mass is 35.5. The molecule has 1 aliphatic heterocycles. The Bertz CT molecular complexity index is 626. The van der Waals surface area contributed by atoms with Crippen LogP contribution in [0.3, 0.4) is 0 Å². The van der Waals surface area contributed by atoms with Crippen LogP contribution in [-0.2, 0) is 4.79 Å². The molecule has 1 amide bonds. The minimum Gasteiger partial charge on any atom is -0.480 e. The highest BCUT2D eigenvalue weighted by molar-refractivity contribution is 7.99. The summed E-state index contributed by atoms with van der Waals surface area (Å²) in [4.78, 5) is 28.6. The molecule has 0 saturated carbocycles. The Balaban J connectivity index is 2.07. The molecule has 1 aromatic carbocycles. The third-order valence-electron chi connectivity index (χ3n) is 4.47. The molecule has 1 heterocycles. The van der Waals surface area contributed by atoms with Gasteiger partial charge in [-0.3, -0.25) is 14.5 Å². The van der Waals surface area contributed by atoms with Crippen molar-refractivity contribution in [2.75, 3.05) is 32.4 Å². The summed E-state index contributed by atoms with van der Waals surface area (Å²) < 4.78 is 0. The monoisotopic (exact) mass is 384 g/mol. The number of benzene rings is 1. The summed E-state index contributed by atoms with van der Waals surface area (Å²) in [6.07, 6.45) is 2.58. The van der Waals surface area contributed by atoms with Gasteiger partial charge in [0, 0.05) is 29.0 Å². The molecule has 0 bridgehead atoms. The fourth-order valence-corrected chi connectivity index (χ4v) is 4.25. The standard InChI is InChI=1S/C18H25ClN2O3S/c1-3-25-16-11-13(19)6-7-15(16)18(24)21-9-4-5-14(8-10-21)20(2)12-17(22)23/h6-7,11,14H,3-5,8-10,12H2,1-2H3,(H,22,23). The number of thioether (sulfide) groups is 1. The number of carbonyl (C=O) groups is 2. The smallest absolute Gasteiger partial charge is 0.317 e. The van der Waals surface area contributed by atoms with Crippen LogP contribution in [0.5, 0.6) is 0 Å². The van der Waals surface area contributed by atoms with Crippen molar-refractivity contribution in [3.05, 3.63) is 28.8 Å². The summed E-state index contributed by atoms with van der Waals surface area (Å²) in [7, 11) is 1.84. The van der Waals surface area contributed by atoms with Crippen LogP contribution in [0.4, 0.5) is 0 Å². The van der Waals surface area contributed by atoms with Crippen molar-refractivity contribution < 1.29 is 14.7 Å². The van der Waals surface area contributed by atoms with Crippen molar-refractivity contribution in [2.24, 2.45) is 0 Å². The van der Waals surface area contributed by atoms with Crippen molar-refractivity contribution in [1.82, 2.24) is 9.80 Å². The minimum atomic E-state index is -0.818. The van der Waals surface area contributed by atoms with Crippen molar-refractivity contribution in [1.29, 1.82) is 0 Å². The fraction of sp³-hybridized carbons (Fsp3) is 0.556. The van der Waals surface area contributed by atoms with E-state index < -0.39 is 5.97 Å². The Hall–Kier alpha value is -1.24. The van der Waals surface area contributed by atoms with Gasteiger partial charge in [0.05, 0.1) is 12.1 Å². The number of carboxylic acid groups (broad SMARTS) is 1. The molecule has 138 valence electrons. The van der Waals surface area contributed by atoms with E-state index in [-0.39, 0.29) is 18.5 Å². The lowest BCUT2D eigenvalue weighted by atomic mass is 10.1. The quantitative estimate of drug-likeness (QED) is 0.761. The molecule has 0 radical (unpaired) electrons. The molecule has 1 aliphatic rings. The number of carboxylic acids is 1. The van der Waals surface area contributed by atoms with Gasteiger partial charge in [0.2, 0.25) is 0 Å². The zero-order valence-electron chi connectivity index (χ0n) is 14.7. The second kappa shape index (κ2) is 9.46. The van der Waals surface area contributed by atoms with E-state index in [9.17, 15) is 9.59 Å². The van der Waals surface area contributed by atoms with E-state index in [1.165, 1.54) is 0 Å². The van der Waals surface area contributed by atoms with E-state index in [0.717, 1.165) is 29.9 Å². The van der Waals surface area contributed by atoms with Crippen molar-refractivity contribution in [2.45, 2.75) is 37.1 Å². The molecule has 0 aromatic heterocycles. The van der Waals surface area contributed by atoms with Gasteiger partial charge in [0.15, 0.2) is 0 Å². The van der Waals surface area contributed by atoms with Gasteiger partial charge in [-0.25, -0.2) is 0 Å². The van der Waals surface area contributed by atoms with Crippen LogP contribution in [0.25, 0.3) is 0 Å². The average molecular weight is 385 g/mol. The second-order valence-corrected chi connectivity index (χ2v) is 8.00. The Morgan fingerprint density at radius 3 is 2.80 bits per heavy atom. The molecule has 1 unspecified atom stereocenters. The Morgan fingerprint density at radius 1 is 1.36 bits per heavy atom. The summed E-state index contributed by atoms with van der Waals surface area (Å²) in [5, 5.41) is 9.60. The molecule has 0 aliphatic carbocycles. The topological polar surface area (TPSA) is 60.9 Å². The maximum absolute atomic E-state index is 13.0. The molecule has 0 spiro atoms. The molecule has 5 nitrogen and oxygen atoms in total. The lowest BCUT2D eigenvalue weighted by Gasteiger charge is -2.26. The number of likely N-dealkylation sites (N-methyl/N-ethyl adjacent to an activating group) is 1. The molecule has 1 saturated heterocycles. The van der Waals surface area contributed by atoms with E-state index in [0.29, 0.717) is 23.7 Å². The molecule has 1 atom stereocenters. The van der Waals surface area contributed by atoms with E-state index in [4.69, 9.17) is 16.7 Å². The van der Waals surface area contributed by atoms with Crippen molar-refractivity contribution in [3.8, 4) is 0 Å². The summed E-state index contributed by atoms with van der Waals surface area (Å²) in [6, 6.07) is 5.62. The first kappa shape index (κ1) is 20.1. The van der Waals surface area contributed by atoms with Gasteiger partial charge < -0.3 is 10.0 Å². The largest absolute Gasteiger partial charge is 0.480 e. The number of carbonyl (C=O) groups excluding carboxylic acids is 1. The number of hydrogen-bond donors (Lipinski definition) is 1. The number of aliphatic carboxylic acids is 1. The Morgan fingerprint density at radius 2 is 2.12 bits per heavy atom. The second-order valence-electron chi connectivity index (χ2n) is 6.26. The van der Waals surface area contributed by atoms with Gasteiger partial charge >= 0.3 is 5.97 Å². The highest BCUT2D eigenvalue weighted by Gasteiger charge is 2.25. The Kier molecular flexibility index (Phi) is 7.59. The fourth-order valence-electron chi connectivity index (χ4n) is 3.18. The normalized spacial score (nSPS) is 18.2. The number of halogens is 1. The van der Waals surface area contributed by atoms with Gasteiger partial charge in [-0.2, -0.15) is 0 Å². The lowest BCUT2D eigenvalue weighted by Crippen LogP contribution is -2.37. The number of amides is 1. The number of nitrogens with zero attached hydrogens (tertiary/aromatic N) is 2. The van der Waals surface area contributed by atoms with E-state index >= 15 is 0 Å². The van der Waals surface area contributed by atoms with E-state index in [1.54, 1.807) is 17.8 Å². The highest BCUT2D eigenvalue weighted by Crippen LogP contribution is 2.28. The molecule has 2 rings (SSSR count). The first-order chi connectivity index (χ1) is 11.9. The van der Waals surface area contributed by atoms with E-state index in [1.807, 2.05) is 29.0 Å². The van der Waals surface area contributed by atoms with Crippen LogP contribution in [0, 0.1) is 0 Å². The zero-order valence-corrected chi connectivity index (χ0v) is 16.3.